The van der Waals surface area contributed by atoms with Crippen LogP contribution < -0.4 is 5.09 Å². The lowest BCUT2D eigenvalue weighted by Crippen LogP contribution is -2.26. The summed E-state index contributed by atoms with van der Waals surface area (Å²) in [6.07, 6.45) is -0.166. The molecule has 0 spiro atoms. The average molecular weight is 440 g/mol. The van der Waals surface area contributed by atoms with Crippen LogP contribution in [0, 0.1) is 11.2 Å². The molecule has 0 aliphatic carbocycles. The molecule has 1 aromatic heterocycles. The molecular weight excluding hydrogens is 418 g/mol. The third-order valence-corrected chi connectivity index (χ3v) is 5.78. The second kappa shape index (κ2) is 8.53. The van der Waals surface area contributed by atoms with Crippen molar-refractivity contribution in [1.82, 2.24) is 15.2 Å². The number of nitrogens with one attached hydrogen (secondary N) is 1. The Morgan fingerprint density at radius 1 is 1.32 bits per heavy atom. The van der Waals surface area contributed by atoms with E-state index >= 15 is 0 Å². The molecule has 1 N–H and O–H groups in total. The van der Waals surface area contributed by atoms with Gasteiger partial charge in [-0.1, -0.05) is 38.1 Å². The van der Waals surface area contributed by atoms with Gasteiger partial charge in [0.25, 0.3) is 7.52 Å². The normalized spacial score (nSPS) is 14.9. The molecule has 0 fully saturated rings. The summed E-state index contributed by atoms with van der Waals surface area (Å²) in [5.74, 6) is -2.01. The Hall–Kier alpha value is -1.41. The second-order valence-electron chi connectivity index (χ2n) is 7.37. The molecule has 1 atom stereocenters. The van der Waals surface area contributed by atoms with Gasteiger partial charge in [-0.3, -0.25) is 4.57 Å². The highest BCUT2D eigenvalue weighted by atomic mass is 35.5. The lowest BCUT2D eigenvalue weighted by Gasteiger charge is -2.25. The molecule has 0 aliphatic heterocycles. The average Bonchev–Trinajstić information content (AvgIpc) is 3.05. The van der Waals surface area contributed by atoms with Crippen molar-refractivity contribution in [1.29, 1.82) is 0 Å². The first-order valence-corrected chi connectivity index (χ1v) is 10.7. The minimum absolute atomic E-state index is 0.117. The lowest BCUT2D eigenvalue weighted by molar-refractivity contribution is 0.0551. The summed E-state index contributed by atoms with van der Waals surface area (Å²) < 4.78 is 63.3. The summed E-state index contributed by atoms with van der Waals surface area (Å²) in [6, 6.07) is 3.85. The molecule has 1 unspecified atom stereocenters. The van der Waals surface area contributed by atoms with Crippen LogP contribution in [0.3, 0.4) is 0 Å². The number of aromatic nitrogens is 2. The van der Waals surface area contributed by atoms with E-state index in [1.807, 2.05) is 20.8 Å². The molecule has 2 aromatic rings. The van der Waals surface area contributed by atoms with Crippen molar-refractivity contribution < 1.29 is 26.8 Å². The van der Waals surface area contributed by atoms with Gasteiger partial charge in [0.05, 0.1) is 12.8 Å². The maximum absolute atomic E-state index is 14.6. The predicted molar refractivity (Wildman–Crippen MR) is 99.8 cm³/mol. The maximum atomic E-state index is 14.6. The fourth-order valence-corrected chi connectivity index (χ4v) is 4.42. The highest BCUT2D eigenvalue weighted by molar-refractivity contribution is 7.56. The number of alkyl halides is 3. The number of benzene rings is 1. The first kappa shape index (κ1) is 22.9. The van der Waals surface area contributed by atoms with E-state index in [1.165, 1.54) is 12.1 Å². The molecule has 6 nitrogen and oxygen atoms in total. The Morgan fingerprint density at radius 2 is 2.00 bits per heavy atom. The maximum Gasteiger partial charge on any atom is 0.400 e. The van der Waals surface area contributed by atoms with Crippen LogP contribution in [-0.2, 0) is 20.6 Å². The van der Waals surface area contributed by atoms with Gasteiger partial charge in [0, 0.05) is 12.1 Å². The number of hydrogen-bond acceptors (Lipinski definition) is 5. The molecule has 0 amide bonds. The van der Waals surface area contributed by atoms with E-state index in [2.05, 4.69) is 19.8 Å². The summed E-state index contributed by atoms with van der Waals surface area (Å²) in [7, 11) is -3.33. The molecule has 0 saturated heterocycles. The first-order chi connectivity index (χ1) is 12.8. The zero-order chi connectivity index (χ0) is 21.2. The van der Waals surface area contributed by atoms with Crippen molar-refractivity contribution >= 4 is 19.1 Å². The number of nitrogens with zero attached hydrogens (tertiary/aromatic N) is 2. The van der Waals surface area contributed by atoms with E-state index in [-0.39, 0.29) is 35.1 Å². The topological polar surface area (TPSA) is 77.2 Å². The van der Waals surface area contributed by atoms with Crippen molar-refractivity contribution in [3.8, 4) is 11.4 Å². The van der Waals surface area contributed by atoms with E-state index in [0.717, 1.165) is 6.07 Å². The van der Waals surface area contributed by atoms with Gasteiger partial charge >= 0.3 is 11.3 Å². The highest BCUT2D eigenvalue weighted by Crippen LogP contribution is 2.47. The van der Waals surface area contributed by atoms with Crippen LogP contribution in [0.15, 0.2) is 22.7 Å². The van der Waals surface area contributed by atoms with Crippen molar-refractivity contribution in [2.75, 3.05) is 13.2 Å². The quantitative estimate of drug-likeness (QED) is 0.430. The van der Waals surface area contributed by atoms with Gasteiger partial charge in [0.15, 0.2) is 0 Å². The standard InChI is InChI=1S/C17H22ClF3N3O3P/c1-5-26-28(25,22-10-16(2,3)4)9-12-7-6-11(8-13(12)19)14-23-15(27-24-14)17(18,20)21/h6-8H,5,9-10H2,1-4H3,(H,22,25). The van der Waals surface area contributed by atoms with E-state index in [4.69, 9.17) is 16.1 Å². The van der Waals surface area contributed by atoms with Crippen LogP contribution in [-0.4, -0.2) is 23.3 Å². The molecule has 11 heteroatoms. The van der Waals surface area contributed by atoms with E-state index in [1.54, 1.807) is 6.92 Å². The summed E-state index contributed by atoms with van der Waals surface area (Å²) in [5.41, 5.74) is 0.120. The van der Waals surface area contributed by atoms with E-state index in [9.17, 15) is 17.7 Å². The van der Waals surface area contributed by atoms with Crippen LogP contribution in [0.25, 0.3) is 11.4 Å². The van der Waals surface area contributed by atoms with Gasteiger partial charge in [0.2, 0.25) is 5.82 Å². The summed E-state index contributed by atoms with van der Waals surface area (Å²) in [6.45, 7) is 8.22. The number of hydrogen-bond donors (Lipinski definition) is 1. The van der Waals surface area contributed by atoms with Gasteiger partial charge in [-0.25, -0.2) is 9.48 Å². The lowest BCUT2D eigenvalue weighted by atomic mass is 9.98. The Kier molecular flexibility index (Phi) is 6.97. The van der Waals surface area contributed by atoms with Crippen molar-refractivity contribution in [3.05, 3.63) is 35.5 Å². The number of halogens is 4. The zero-order valence-corrected chi connectivity index (χ0v) is 17.6. The van der Waals surface area contributed by atoms with Crippen molar-refractivity contribution in [2.24, 2.45) is 5.41 Å². The zero-order valence-electron chi connectivity index (χ0n) is 15.9. The van der Waals surface area contributed by atoms with Gasteiger partial charge < -0.3 is 9.05 Å². The SMILES string of the molecule is CCOP(=O)(Cc1ccc(-c2noc(C(F)(F)Cl)n2)cc1F)NCC(C)(C)C. The van der Waals surface area contributed by atoms with Gasteiger partial charge in [-0.15, -0.1) is 0 Å². The Morgan fingerprint density at radius 3 is 2.50 bits per heavy atom. The third kappa shape index (κ3) is 6.30. The smallest absolute Gasteiger partial charge is 0.331 e. The fourth-order valence-electron chi connectivity index (χ4n) is 2.21. The monoisotopic (exact) mass is 439 g/mol. The van der Waals surface area contributed by atoms with Crippen LogP contribution in [0.1, 0.15) is 39.1 Å². The molecule has 1 aromatic carbocycles. The second-order valence-corrected chi connectivity index (χ2v) is 10.1. The molecule has 156 valence electrons. The minimum atomic E-state index is -3.81. The van der Waals surface area contributed by atoms with Gasteiger partial charge in [-0.2, -0.15) is 13.8 Å². The Balaban J connectivity index is 2.23. The largest absolute Gasteiger partial charge is 0.400 e. The summed E-state index contributed by atoms with van der Waals surface area (Å²) in [4.78, 5) is 3.46. The van der Waals surface area contributed by atoms with Crippen LogP contribution >= 0.6 is 19.1 Å². The van der Waals surface area contributed by atoms with Crippen molar-refractivity contribution in [2.45, 2.75) is 39.2 Å². The van der Waals surface area contributed by atoms with E-state index < -0.39 is 24.6 Å². The minimum Gasteiger partial charge on any atom is -0.331 e. The summed E-state index contributed by atoms with van der Waals surface area (Å²) in [5, 5.41) is 2.47. The van der Waals surface area contributed by atoms with Crippen LogP contribution in [0.5, 0.6) is 0 Å². The van der Waals surface area contributed by atoms with Crippen LogP contribution in [0.2, 0.25) is 0 Å². The molecule has 1 heterocycles. The predicted octanol–water partition coefficient (Wildman–Crippen LogP) is 5.53. The molecule has 2 rings (SSSR count). The molecule has 28 heavy (non-hydrogen) atoms. The molecule has 0 aliphatic rings. The number of rotatable bonds is 8. The molecule has 0 radical (unpaired) electrons. The third-order valence-electron chi connectivity index (χ3n) is 3.55. The van der Waals surface area contributed by atoms with Crippen molar-refractivity contribution in [3.63, 3.8) is 0 Å². The highest BCUT2D eigenvalue weighted by Gasteiger charge is 2.36. The molecular formula is C17H22ClF3N3O3P. The van der Waals surface area contributed by atoms with E-state index in [0.29, 0.717) is 6.54 Å². The molecule has 0 bridgehead atoms. The first-order valence-electron chi connectivity index (χ1n) is 8.51. The molecule has 0 saturated carbocycles. The van der Waals surface area contributed by atoms with Gasteiger partial charge in [0.1, 0.15) is 5.82 Å². The summed E-state index contributed by atoms with van der Waals surface area (Å²) >= 11 is 4.82. The van der Waals surface area contributed by atoms with Crippen LogP contribution in [0.4, 0.5) is 13.2 Å². The van der Waals surface area contributed by atoms with Gasteiger partial charge in [-0.05, 0) is 35.6 Å². The fraction of sp³-hybridized carbons (Fsp3) is 0.529. The Bertz CT molecular complexity index is 865. The Labute approximate surface area is 166 Å².